The van der Waals surface area contributed by atoms with Gasteiger partial charge in [0.2, 0.25) is 0 Å². The van der Waals surface area contributed by atoms with Crippen LogP contribution in [0, 0.1) is 0 Å². The van der Waals surface area contributed by atoms with Gasteiger partial charge >= 0.3 is 0 Å². The molecule has 0 radical (unpaired) electrons. The van der Waals surface area contributed by atoms with Gasteiger partial charge in [-0.2, -0.15) is 5.10 Å². The summed E-state index contributed by atoms with van der Waals surface area (Å²) in [6.07, 6.45) is 7.77. The molecular formula is C15H27N5. The average molecular weight is 277 g/mol. The highest BCUT2D eigenvalue weighted by Crippen LogP contribution is 2.28. The Morgan fingerprint density at radius 1 is 1.20 bits per heavy atom. The Bertz CT molecular complexity index is 396. The Hall–Kier alpha value is -0.910. The Morgan fingerprint density at radius 2 is 2.05 bits per heavy atom. The lowest BCUT2D eigenvalue weighted by Crippen LogP contribution is -2.57. The Morgan fingerprint density at radius 3 is 2.80 bits per heavy atom. The van der Waals surface area contributed by atoms with Crippen molar-refractivity contribution >= 4 is 0 Å². The molecule has 112 valence electrons. The molecule has 2 aliphatic rings. The van der Waals surface area contributed by atoms with Crippen molar-refractivity contribution in [1.29, 1.82) is 0 Å². The molecule has 0 bridgehead atoms. The molecule has 1 spiro atoms. The monoisotopic (exact) mass is 277 g/mol. The van der Waals surface area contributed by atoms with Gasteiger partial charge in [-0.15, -0.1) is 0 Å². The van der Waals surface area contributed by atoms with Gasteiger partial charge < -0.3 is 5.32 Å². The number of likely N-dealkylation sites (N-methyl/N-ethyl adjacent to an activating group) is 1. The molecule has 0 saturated carbocycles. The molecule has 5 nitrogen and oxygen atoms in total. The first-order valence-corrected chi connectivity index (χ1v) is 7.90. The van der Waals surface area contributed by atoms with Gasteiger partial charge in [0.15, 0.2) is 0 Å². The van der Waals surface area contributed by atoms with Gasteiger partial charge in [-0.25, -0.2) is 0 Å². The van der Waals surface area contributed by atoms with Crippen LogP contribution in [0.15, 0.2) is 18.5 Å². The maximum absolute atomic E-state index is 4.31. The van der Waals surface area contributed by atoms with E-state index in [1.54, 1.807) is 0 Å². The molecule has 2 saturated heterocycles. The molecule has 1 aromatic rings. The van der Waals surface area contributed by atoms with Crippen molar-refractivity contribution < 1.29 is 0 Å². The molecule has 5 heteroatoms. The van der Waals surface area contributed by atoms with Gasteiger partial charge in [-0.1, -0.05) is 0 Å². The number of nitrogens with one attached hydrogen (secondary N) is 1. The van der Waals surface area contributed by atoms with E-state index in [4.69, 9.17) is 0 Å². The molecule has 0 aliphatic carbocycles. The van der Waals surface area contributed by atoms with E-state index in [1.165, 1.54) is 38.9 Å². The Balaban J connectivity index is 1.62. The van der Waals surface area contributed by atoms with Crippen molar-refractivity contribution in [1.82, 2.24) is 24.9 Å². The predicted molar refractivity (Wildman–Crippen MR) is 80.7 cm³/mol. The summed E-state index contributed by atoms with van der Waals surface area (Å²) in [4.78, 5) is 5.28. The average Bonchev–Trinajstić information content (AvgIpc) is 2.94. The van der Waals surface area contributed by atoms with Crippen molar-refractivity contribution in [2.45, 2.75) is 31.3 Å². The fourth-order valence-corrected chi connectivity index (χ4v) is 3.68. The van der Waals surface area contributed by atoms with E-state index in [0.29, 0.717) is 5.54 Å². The SMILES string of the molecule is CN1CCCN(CCn2cccn2)CC12CCNCC2. The van der Waals surface area contributed by atoms with E-state index in [9.17, 15) is 0 Å². The van der Waals surface area contributed by atoms with Gasteiger partial charge in [0.1, 0.15) is 0 Å². The molecule has 0 unspecified atom stereocenters. The standard InChI is InChI=1S/C15H27N5/c1-18-9-3-10-19(12-13-20-11-2-6-17-20)14-15(18)4-7-16-8-5-15/h2,6,11,16H,3-5,7-10,12-14H2,1H3. The van der Waals surface area contributed by atoms with Crippen molar-refractivity contribution in [3.8, 4) is 0 Å². The van der Waals surface area contributed by atoms with Crippen LogP contribution in [0.3, 0.4) is 0 Å². The third kappa shape index (κ3) is 3.05. The highest BCUT2D eigenvalue weighted by atomic mass is 15.3. The number of nitrogens with zero attached hydrogens (tertiary/aromatic N) is 4. The van der Waals surface area contributed by atoms with Gasteiger partial charge in [-0.05, 0) is 58.6 Å². The van der Waals surface area contributed by atoms with Crippen LogP contribution in [-0.2, 0) is 6.54 Å². The van der Waals surface area contributed by atoms with Crippen LogP contribution < -0.4 is 5.32 Å². The van der Waals surface area contributed by atoms with Crippen LogP contribution in [0.1, 0.15) is 19.3 Å². The minimum atomic E-state index is 0.395. The predicted octanol–water partition coefficient (Wildman–Crippen LogP) is 0.643. The lowest BCUT2D eigenvalue weighted by atomic mass is 9.86. The molecule has 0 aromatic carbocycles. The molecule has 0 atom stereocenters. The summed E-state index contributed by atoms with van der Waals surface area (Å²) < 4.78 is 2.05. The maximum Gasteiger partial charge on any atom is 0.0536 e. The fraction of sp³-hybridized carbons (Fsp3) is 0.800. The fourth-order valence-electron chi connectivity index (χ4n) is 3.68. The molecule has 0 amide bonds. The number of rotatable bonds is 3. The summed E-state index contributed by atoms with van der Waals surface area (Å²) in [6.45, 7) is 8.12. The third-order valence-corrected chi connectivity index (χ3v) is 5.03. The van der Waals surface area contributed by atoms with Crippen LogP contribution >= 0.6 is 0 Å². The molecule has 20 heavy (non-hydrogen) atoms. The smallest absolute Gasteiger partial charge is 0.0536 e. The highest BCUT2D eigenvalue weighted by molar-refractivity contribution is 4.97. The van der Waals surface area contributed by atoms with Gasteiger partial charge in [0.05, 0.1) is 6.54 Å². The van der Waals surface area contributed by atoms with E-state index in [1.807, 2.05) is 16.9 Å². The van der Waals surface area contributed by atoms with Crippen LogP contribution in [-0.4, -0.2) is 71.4 Å². The normalized spacial score (nSPS) is 24.9. The molecule has 3 rings (SSSR count). The summed E-state index contributed by atoms with van der Waals surface area (Å²) in [5.74, 6) is 0. The molecule has 1 N–H and O–H groups in total. The summed E-state index contributed by atoms with van der Waals surface area (Å²) in [6, 6.07) is 2.00. The number of hydrogen-bond acceptors (Lipinski definition) is 4. The molecule has 2 aliphatic heterocycles. The number of hydrogen-bond donors (Lipinski definition) is 1. The van der Waals surface area contributed by atoms with Gasteiger partial charge in [-0.3, -0.25) is 14.5 Å². The van der Waals surface area contributed by atoms with E-state index < -0.39 is 0 Å². The minimum Gasteiger partial charge on any atom is -0.317 e. The summed E-state index contributed by atoms with van der Waals surface area (Å²) in [5.41, 5.74) is 0.395. The lowest BCUT2D eigenvalue weighted by molar-refractivity contribution is 0.0645. The Kier molecular flexibility index (Phi) is 4.38. The van der Waals surface area contributed by atoms with E-state index in [0.717, 1.165) is 26.2 Å². The van der Waals surface area contributed by atoms with Crippen LogP contribution in [0.5, 0.6) is 0 Å². The summed E-state index contributed by atoms with van der Waals surface area (Å²) in [7, 11) is 2.32. The summed E-state index contributed by atoms with van der Waals surface area (Å²) >= 11 is 0. The van der Waals surface area contributed by atoms with Crippen molar-refractivity contribution in [2.24, 2.45) is 0 Å². The molecule has 1 aromatic heterocycles. The van der Waals surface area contributed by atoms with Crippen molar-refractivity contribution in [3.63, 3.8) is 0 Å². The third-order valence-electron chi connectivity index (χ3n) is 5.03. The zero-order valence-electron chi connectivity index (χ0n) is 12.6. The van der Waals surface area contributed by atoms with E-state index >= 15 is 0 Å². The Labute approximate surface area is 121 Å². The van der Waals surface area contributed by atoms with Crippen molar-refractivity contribution in [2.75, 3.05) is 46.3 Å². The van der Waals surface area contributed by atoms with Crippen molar-refractivity contribution in [3.05, 3.63) is 18.5 Å². The largest absolute Gasteiger partial charge is 0.317 e. The molecular weight excluding hydrogens is 250 g/mol. The van der Waals surface area contributed by atoms with E-state index in [2.05, 4.69) is 33.5 Å². The summed E-state index contributed by atoms with van der Waals surface area (Å²) in [5, 5.41) is 7.82. The first kappa shape index (κ1) is 14.0. The molecule has 3 heterocycles. The number of piperidine rings is 1. The van der Waals surface area contributed by atoms with Crippen LogP contribution in [0.2, 0.25) is 0 Å². The highest BCUT2D eigenvalue weighted by Gasteiger charge is 2.38. The first-order valence-electron chi connectivity index (χ1n) is 7.90. The number of aromatic nitrogens is 2. The maximum atomic E-state index is 4.31. The zero-order valence-corrected chi connectivity index (χ0v) is 12.6. The second kappa shape index (κ2) is 6.24. The zero-order chi connectivity index (χ0) is 13.8. The topological polar surface area (TPSA) is 36.3 Å². The van der Waals surface area contributed by atoms with Gasteiger partial charge in [0, 0.05) is 31.0 Å². The van der Waals surface area contributed by atoms with Gasteiger partial charge in [0.25, 0.3) is 0 Å². The molecule has 2 fully saturated rings. The van der Waals surface area contributed by atoms with E-state index in [-0.39, 0.29) is 0 Å². The second-order valence-corrected chi connectivity index (χ2v) is 6.29. The minimum absolute atomic E-state index is 0.395. The first-order chi connectivity index (χ1) is 9.78. The van der Waals surface area contributed by atoms with Crippen LogP contribution in [0.4, 0.5) is 0 Å². The van der Waals surface area contributed by atoms with Crippen LogP contribution in [0.25, 0.3) is 0 Å². The lowest BCUT2D eigenvalue weighted by Gasteiger charge is -2.45. The quantitative estimate of drug-likeness (QED) is 0.880. The second-order valence-electron chi connectivity index (χ2n) is 6.29.